The van der Waals surface area contributed by atoms with E-state index in [2.05, 4.69) is 5.32 Å². The molecule has 0 unspecified atom stereocenters. The van der Waals surface area contributed by atoms with Gasteiger partial charge in [-0.05, 0) is 55.8 Å². The van der Waals surface area contributed by atoms with Crippen LogP contribution in [0.25, 0.3) is 0 Å². The minimum Gasteiger partial charge on any atom is -0.486 e. The summed E-state index contributed by atoms with van der Waals surface area (Å²) in [5.74, 6) is 1.20. The van der Waals surface area contributed by atoms with Crippen molar-refractivity contribution in [2.75, 3.05) is 24.0 Å². The number of ether oxygens (including phenoxy) is 3. The summed E-state index contributed by atoms with van der Waals surface area (Å²) in [7, 11) is -3.91. The highest BCUT2D eigenvalue weighted by Crippen LogP contribution is 2.38. The predicted octanol–water partition coefficient (Wildman–Crippen LogP) is 3.22. The molecule has 3 aromatic rings. The fourth-order valence-corrected chi connectivity index (χ4v) is 5.53. The first-order valence-electron chi connectivity index (χ1n) is 11.3. The Hall–Kier alpha value is -3.72. The summed E-state index contributed by atoms with van der Waals surface area (Å²) in [6.07, 6.45) is -1.40. The summed E-state index contributed by atoms with van der Waals surface area (Å²) in [5, 5.41) is 2.83. The average molecular weight is 495 g/mol. The molecule has 0 aromatic heterocycles. The van der Waals surface area contributed by atoms with Crippen molar-refractivity contribution in [2.45, 2.75) is 31.0 Å². The summed E-state index contributed by atoms with van der Waals surface area (Å²) in [4.78, 5) is 13.2. The van der Waals surface area contributed by atoms with Crippen molar-refractivity contribution in [3.8, 4) is 17.2 Å². The smallest absolute Gasteiger partial charge is 0.264 e. The van der Waals surface area contributed by atoms with Crippen molar-refractivity contribution in [3.05, 3.63) is 77.9 Å². The number of nitrogens with one attached hydrogen (secondary N) is 1. The molecule has 5 rings (SSSR count). The maximum Gasteiger partial charge on any atom is 0.264 e. The predicted molar refractivity (Wildman–Crippen MR) is 131 cm³/mol. The van der Waals surface area contributed by atoms with Gasteiger partial charge in [0.1, 0.15) is 18.5 Å². The van der Waals surface area contributed by atoms with Crippen LogP contribution < -0.4 is 23.8 Å². The maximum absolute atomic E-state index is 13.5. The molecule has 0 spiro atoms. The quantitative estimate of drug-likeness (QED) is 0.586. The van der Waals surface area contributed by atoms with Crippen LogP contribution in [0.15, 0.2) is 71.6 Å². The molecule has 2 aliphatic rings. The fraction of sp³-hybridized carbons (Fsp3) is 0.269. The monoisotopic (exact) mass is 494 g/mol. The Morgan fingerprint density at radius 3 is 2.43 bits per heavy atom. The van der Waals surface area contributed by atoms with Crippen molar-refractivity contribution in [3.63, 3.8) is 0 Å². The molecule has 2 aliphatic heterocycles. The number of hydrogen-bond acceptors (Lipinski definition) is 6. The van der Waals surface area contributed by atoms with Crippen LogP contribution in [0.4, 0.5) is 5.69 Å². The number of carbonyl (C=O) groups excluding carboxylic acids is 1. The number of anilines is 1. The molecule has 1 amide bonds. The molecule has 0 fully saturated rings. The molecule has 1 N–H and O–H groups in total. The van der Waals surface area contributed by atoms with Gasteiger partial charge in [-0.1, -0.05) is 35.9 Å². The van der Waals surface area contributed by atoms with E-state index in [1.807, 2.05) is 38.1 Å². The second kappa shape index (κ2) is 9.14. The first kappa shape index (κ1) is 23.0. The zero-order chi connectivity index (χ0) is 24.6. The van der Waals surface area contributed by atoms with Gasteiger partial charge in [-0.15, -0.1) is 0 Å². The highest BCUT2D eigenvalue weighted by Gasteiger charge is 2.38. The summed E-state index contributed by atoms with van der Waals surface area (Å²) in [6, 6.07) is 19.2. The molecule has 0 saturated heterocycles. The van der Waals surface area contributed by atoms with Crippen LogP contribution in [0, 0.1) is 13.8 Å². The SMILES string of the molecule is Cc1ccc(S(=O)(=O)N2C[C@H](C(=O)NC[C@@H]3COc4ccccc4O3)Oc3cc(C)ccc32)cc1. The minimum absolute atomic E-state index is 0.150. The molecule has 8 nitrogen and oxygen atoms in total. The Kier molecular flexibility index (Phi) is 6.02. The number of nitrogens with zero attached hydrogens (tertiary/aromatic N) is 1. The van der Waals surface area contributed by atoms with E-state index in [4.69, 9.17) is 14.2 Å². The van der Waals surface area contributed by atoms with Crippen LogP contribution in [-0.4, -0.2) is 46.2 Å². The van der Waals surface area contributed by atoms with E-state index in [0.29, 0.717) is 29.5 Å². The molecular weight excluding hydrogens is 468 g/mol. The van der Waals surface area contributed by atoms with Gasteiger partial charge in [-0.3, -0.25) is 9.10 Å². The van der Waals surface area contributed by atoms with Gasteiger partial charge < -0.3 is 19.5 Å². The number of amides is 1. The van der Waals surface area contributed by atoms with Gasteiger partial charge in [0.25, 0.3) is 15.9 Å². The third kappa shape index (κ3) is 4.64. The summed E-state index contributed by atoms with van der Waals surface area (Å²) >= 11 is 0. The van der Waals surface area contributed by atoms with E-state index in [1.165, 1.54) is 4.31 Å². The molecule has 0 bridgehead atoms. The van der Waals surface area contributed by atoms with E-state index in [1.54, 1.807) is 42.5 Å². The Bertz CT molecular complexity index is 1360. The number of carbonyl (C=O) groups is 1. The maximum atomic E-state index is 13.5. The summed E-state index contributed by atoms with van der Waals surface area (Å²) in [6.45, 7) is 4.10. The van der Waals surface area contributed by atoms with Crippen LogP contribution in [0.1, 0.15) is 11.1 Å². The van der Waals surface area contributed by atoms with Gasteiger partial charge in [0.2, 0.25) is 0 Å². The number of rotatable bonds is 5. The van der Waals surface area contributed by atoms with Crippen LogP contribution in [0.3, 0.4) is 0 Å². The number of fused-ring (bicyclic) bond motifs is 2. The minimum atomic E-state index is -3.91. The molecule has 0 saturated carbocycles. The van der Waals surface area contributed by atoms with E-state index >= 15 is 0 Å². The first-order chi connectivity index (χ1) is 16.8. The Balaban J connectivity index is 1.34. The highest BCUT2D eigenvalue weighted by molar-refractivity contribution is 7.92. The molecule has 182 valence electrons. The molecule has 9 heteroatoms. The largest absolute Gasteiger partial charge is 0.486 e. The van der Waals surface area contributed by atoms with E-state index in [-0.39, 0.29) is 24.1 Å². The van der Waals surface area contributed by atoms with Crippen molar-refractivity contribution in [2.24, 2.45) is 0 Å². The standard InChI is InChI=1S/C26H26N2O6S/c1-17-7-10-20(11-8-17)35(30,31)28-15-25(34-24-13-18(2)9-12-21(24)28)26(29)27-14-19-16-32-22-5-3-4-6-23(22)33-19/h3-13,19,25H,14-16H2,1-2H3,(H,27,29)/t19-,25-/m1/s1. The zero-order valence-electron chi connectivity index (χ0n) is 19.4. The van der Waals surface area contributed by atoms with Crippen LogP contribution in [0.2, 0.25) is 0 Å². The van der Waals surface area contributed by atoms with Crippen LogP contribution in [0.5, 0.6) is 17.2 Å². The van der Waals surface area contributed by atoms with Crippen molar-refractivity contribution < 1.29 is 27.4 Å². The first-order valence-corrected chi connectivity index (χ1v) is 12.8. The normalized spacial score (nSPS) is 18.9. The molecule has 3 aromatic carbocycles. The van der Waals surface area contributed by atoms with Gasteiger partial charge in [0.05, 0.1) is 23.7 Å². The fourth-order valence-electron chi connectivity index (χ4n) is 4.05. The molecule has 0 radical (unpaired) electrons. The lowest BCUT2D eigenvalue weighted by atomic mass is 10.1. The van der Waals surface area contributed by atoms with Crippen LogP contribution in [-0.2, 0) is 14.8 Å². The van der Waals surface area contributed by atoms with E-state index in [0.717, 1.165) is 11.1 Å². The lowest BCUT2D eigenvalue weighted by Gasteiger charge is -2.35. The molecule has 2 heterocycles. The number of sulfonamides is 1. The van der Waals surface area contributed by atoms with Gasteiger partial charge in [-0.25, -0.2) is 8.42 Å². The van der Waals surface area contributed by atoms with Gasteiger partial charge in [0.15, 0.2) is 17.6 Å². The molecular formula is C26H26N2O6S. The van der Waals surface area contributed by atoms with E-state index < -0.39 is 22.0 Å². The average Bonchev–Trinajstić information content (AvgIpc) is 2.86. The van der Waals surface area contributed by atoms with Crippen molar-refractivity contribution in [1.82, 2.24) is 5.32 Å². The Morgan fingerprint density at radius 2 is 1.66 bits per heavy atom. The number of para-hydroxylation sites is 2. The number of aryl methyl sites for hydroxylation is 2. The highest BCUT2D eigenvalue weighted by atomic mass is 32.2. The second-order valence-electron chi connectivity index (χ2n) is 8.67. The zero-order valence-corrected chi connectivity index (χ0v) is 20.2. The topological polar surface area (TPSA) is 94.2 Å². The summed E-state index contributed by atoms with van der Waals surface area (Å²) in [5.41, 5.74) is 2.25. The summed E-state index contributed by atoms with van der Waals surface area (Å²) < 4.78 is 45.9. The molecule has 2 atom stereocenters. The molecule has 0 aliphatic carbocycles. The van der Waals surface area contributed by atoms with Crippen molar-refractivity contribution >= 4 is 21.6 Å². The Labute approximate surface area is 204 Å². The van der Waals surface area contributed by atoms with E-state index in [9.17, 15) is 13.2 Å². The number of hydrogen-bond donors (Lipinski definition) is 1. The number of benzene rings is 3. The third-order valence-electron chi connectivity index (χ3n) is 5.96. The lowest BCUT2D eigenvalue weighted by Crippen LogP contribution is -2.52. The third-order valence-corrected chi connectivity index (χ3v) is 7.75. The van der Waals surface area contributed by atoms with Gasteiger partial charge in [0, 0.05) is 0 Å². The molecule has 35 heavy (non-hydrogen) atoms. The lowest BCUT2D eigenvalue weighted by molar-refractivity contribution is -0.128. The van der Waals surface area contributed by atoms with Gasteiger partial charge >= 0.3 is 0 Å². The Morgan fingerprint density at radius 1 is 0.943 bits per heavy atom. The van der Waals surface area contributed by atoms with Crippen molar-refractivity contribution in [1.29, 1.82) is 0 Å². The second-order valence-corrected chi connectivity index (χ2v) is 10.5. The van der Waals surface area contributed by atoms with Gasteiger partial charge in [-0.2, -0.15) is 0 Å². The van der Waals surface area contributed by atoms with Crippen LogP contribution >= 0.6 is 0 Å².